The number of amides is 1. The molecule has 1 unspecified atom stereocenters. The minimum Gasteiger partial charge on any atom is -0.341 e. The average Bonchev–Trinajstić information content (AvgIpc) is 2.14. The van der Waals surface area contributed by atoms with Crippen molar-refractivity contribution >= 4 is 5.91 Å². The zero-order valence-electron chi connectivity index (χ0n) is 9.97. The van der Waals surface area contributed by atoms with E-state index in [1.165, 1.54) is 0 Å². The van der Waals surface area contributed by atoms with Crippen molar-refractivity contribution in [1.29, 1.82) is 0 Å². The monoisotopic (exact) mass is 200 g/mol. The molecule has 0 aliphatic carbocycles. The fourth-order valence-corrected chi connectivity index (χ4v) is 1.39. The van der Waals surface area contributed by atoms with Crippen LogP contribution in [-0.2, 0) is 4.79 Å². The first-order valence-electron chi connectivity index (χ1n) is 5.57. The molecule has 3 nitrogen and oxygen atoms in total. The zero-order valence-corrected chi connectivity index (χ0v) is 9.97. The molecule has 0 aliphatic rings. The van der Waals surface area contributed by atoms with Gasteiger partial charge < -0.3 is 5.32 Å². The van der Waals surface area contributed by atoms with Gasteiger partial charge in [-0.05, 0) is 26.9 Å². The minimum absolute atomic E-state index is 0.180. The second kappa shape index (κ2) is 7.80. The lowest BCUT2D eigenvalue weighted by atomic mass is 10.2. The van der Waals surface area contributed by atoms with Crippen LogP contribution < -0.4 is 5.32 Å². The molecule has 0 saturated heterocycles. The van der Waals surface area contributed by atoms with Gasteiger partial charge in [-0.15, -0.1) is 0 Å². The van der Waals surface area contributed by atoms with Crippen LogP contribution in [0.5, 0.6) is 0 Å². The van der Waals surface area contributed by atoms with Crippen LogP contribution >= 0.6 is 0 Å². The molecule has 0 radical (unpaired) electrons. The molecule has 0 aliphatic heterocycles. The van der Waals surface area contributed by atoms with E-state index < -0.39 is 0 Å². The number of hydrogen-bond donors (Lipinski definition) is 1. The highest BCUT2D eigenvalue weighted by Gasteiger charge is 2.11. The smallest absolute Gasteiger partial charge is 0.221 e. The van der Waals surface area contributed by atoms with Gasteiger partial charge in [-0.25, -0.2) is 0 Å². The number of carbonyl (C=O) groups excluding carboxylic acids is 1. The molecule has 1 atom stereocenters. The molecule has 0 bridgehead atoms. The Morgan fingerprint density at radius 1 is 1.29 bits per heavy atom. The summed E-state index contributed by atoms with van der Waals surface area (Å²) in [5.74, 6) is 0.180. The van der Waals surface area contributed by atoms with Crippen LogP contribution in [0.1, 0.15) is 46.0 Å². The van der Waals surface area contributed by atoms with Crippen molar-refractivity contribution in [2.45, 2.75) is 52.1 Å². The average molecular weight is 200 g/mol. The van der Waals surface area contributed by atoms with Crippen LogP contribution in [0, 0.1) is 0 Å². The van der Waals surface area contributed by atoms with Crippen LogP contribution in [0.15, 0.2) is 0 Å². The molecule has 0 heterocycles. The molecular weight excluding hydrogens is 176 g/mol. The summed E-state index contributed by atoms with van der Waals surface area (Å²) in [4.78, 5) is 13.5. The highest BCUT2D eigenvalue weighted by molar-refractivity contribution is 5.76. The molecule has 3 heteroatoms. The van der Waals surface area contributed by atoms with Crippen molar-refractivity contribution in [3.05, 3.63) is 0 Å². The molecule has 0 aromatic rings. The molecule has 0 spiro atoms. The van der Waals surface area contributed by atoms with Gasteiger partial charge in [-0.1, -0.05) is 26.7 Å². The number of nitrogens with one attached hydrogen (secondary N) is 1. The highest BCUT2D eigenvalue weighted by atomic mass is 16.1. The van der Waals surface area contributed by atoms with E-state index in [1.807, 2.05) is 19.0 Å². The summed E-state index contributed by atoms with van der Waals surface area (Å²) in [6.45, 7) is 4.23. The fraction of sp³-hybridized carbons (Fsp3) is 0.909. The van der Waals surface area contributed by atoms with Crippen molar-refractivity contribution in [2.75, 3.05) is 14.1 Å². The van der Waals surface area contributed by atoms with Crippen molar-refractivity contribution < 1.29 is 4.79 Å². The number of carbonyl (C=O) groups is 1. The van der Waals surface area contributed by atoms with Crippen molar-refractivity contribution in [3.63, 3.8) is 0 Å². The lowest BCUT2D eigenvalue weighted by Crippen LogP contribution is -2.44. The molecule has 1 N–H and O–H groups in total. The van der Waals surface area contributed by atoms with Crippen LogP contribution in [0.3, 0.4) is 0 Å². The molecule has 14 heavy (non-hydrogen) atoms. The van der Waals surface area contributed by atoms with Gasteiger partial charge in [-0.2, -0.15) is 0 Å². The number of hydrogen-bond acceptors (Lipinski definition) is 2. The molecule has 0 aromatic heterocycles. The van der Waals surface area contributed by atoms with E-state index in [-0.39, 0.29) is 12.1 Å². The summed E-state index contributed by atoms with van der Waals surface area (Å²) >= 11 is 0. The van der Waals surface area contributed by atoms with Crippen molar-refractivity contribution in [1.82, 2.24) is 10.2 Å². The van der Waals surface area contributed by atoms with Crippen LogP contribution in [0.4, 0.5) is 0 Å². The Kier molecular flexibility index (Phi) is 7.48. The van der Waals surface area contributed by atoms with E-state index in [2.05, 4.69) is 19.2 Å². The Bertz CT molecular complexity index is 157. The summed E-state index contributed by atoms with van der Waals surface area (Å²) in [6, 6.07) is 0. The summed E-state index contributed by atoms with van der Waals surface area (Å²) < 4.78 is 0. The van der Waals surface area contributed by atoms with Gasteiger partial charge in [0.25, 0.3) is 0 Å². The third-order valence-corrected chi connectivity index (χ3v) is 2.35. The van der Waals surface area contributed by atoms with Gasteiger partial charge in [0, 0.05) is 6.42 Å². The predicted octanol–water partition coefficient (Wildman–Crippen LogP) is 1.98. The Hall–Kier alpha value is -0.570. The summed E-state index contributed by atoms with van der Waals surface area (Å²) in [5.41, 5.74) is 0. The lowest BCUT2D eigenvalue weighted by molar-refractivity contribution is -0.123. The maximum atomic E-state index is 11.5. The topological polar surface area (TPSA) is 32.3 Å². The van der Waals surface area contributed by atoms with Gasteiger partial charge in [0.2, 0.25) is 5.91 Å². The second-order valence-corrected chi connectivity index (χ2v) is 3.91. The largest absolute Gasteiger partial charge is 0.341 e. The Morgan fingerprint density at radius 3 is 2.36 bits per heavy atom. The highest BCUT2D eigenvalue weighted by Crippen LogP contribution is 2.00. The predicted molar refractivity (Wildman–Crippen MR) is 60.1 cm³/mol. The summed E-state index contributed by atoms with van der Waals surface area (Å²) in [7, 11) is 3.97. The van der Waals surface area contributed by atoms with Crippen molar-refractivity contribution in [3.8, 4) is 0 Å². The minimum atomic E-state index is 0.180. The van der Waals surface area contributed by atoms with Crippen LogP contribution in [-0.4, -0.2) is 31.1 Å². The molecule has 0 saturated carbocycles. The molecule has 0 fully saturated rings. The molecule has 0 rings (SSSR count). The third kappa shape index (κ3) is 5.97. The maximum absolute atomic E-state index is 11.5. The first-order chi connectivity index (χ1) is 6.61. The third-order valence-electron chi connectivity index (χ3n) is 2.35. The Morgan fingerprint density at radius 2 is 1.93 bits per heavy atom. The quantitative estimate of drug-likeness (QED) is 0.503. The molecule has 0 aromatic carbocycles. The van der Waals surface area contributed by atoms with Gasteiger partial charge in [0.05, 0.1) is 6.17 Å². The van der Waals surface area contributed by atoms with Crippen LogP contribution in [0.25, 0.3) is 0 Å². The fourth-order valence-electron chi connectivity index (χ4n) is 1.39. The van der Waals surface area contributed by atoms with Crippen molar-refractivity contribution in [2.24, 2.45) is 0 Å². The second-order valence-electron chi connectivity index (χ2n) is 3.91. The number of unbranched alkanes of at least 4 members (excludes halogenated alkanes) is 2. The van der Waals surface area contributed by atoms with Gasteiger partial charge in [-0.3, -0.25) is 9.69 Å². The first-order valence-corrected chi connectivity index (χ1v) is 5.57. The Labute approximate surface area is 87.9 Å². The van der Waals surface area contributed by atoms with Crippen LogP contribution in [0.2, 0.25) is 0 Å². The van der Waals surface area contributed by atoms with E-state index in [0.717, 1.165) is 25.7 Å². The molecule has 1 amide bonds. The first kappa shape index (κ1) is 13.4. The summed E-state index contributed by atoms with van der Waals surface area (Å²) in [6.07, 6.45) is 5.12. The maximum Gasteiger partial charge on any atom is 0.221 e. The molecule has 84 valence electrons. The number of nitrogens with zero attached hydrogens (tertiary/aromatic N) is 1. The number of rotatable bonds is 7. The normalized spacial score (nSPS) is 12.9. The van der Waals surface area contributed by atoms with Gasteiger partial charge >= 0.3 is 0 Å². The van der Waals surface area contributed by atoms with Gasteiger partial charge in [0.1, 0.15) is 0 Å². The summed E-state index contributed by atoms with van der Waals surface area (Å²) in [5, 5.41) is 3.01. The van der Waals surface area contributed by atoms with E-state index in [1.54, 1.807) is 0 Å². The van der Waals surface area contributed by atoms with E-state index in [0.29, 0.717) is 6.42 Å². The van der Waals surface area contributed by atoms with E-state index >= 15 is 0 Å². The van der Waals surface area contributed by atoms with E-state index in [4.69, 9.17) is 0 Å². The zero-order chi connectivity index (χ0) is 11.0. The Balaban J connectivity index is 3.68. The standard InChI is InChI=1S/C11H24N2O/c1-5-7-8-9-11(14)12-10(6-2)13(3)4/h10H,5-9H2,1-4H3,(H,12,14). The lowest BCUT2D eigenvalue weighted by Gasteiger charge is -2.23. The SMILES string of the molecule is CCCCCC(=O)NC(CC)N(C)C. The van der Waals surface area contributed by atoms with Gasteiger partial charge in [0.15, 0.2) is 0 Å². The van der Waals surface area contributed by atoms with E-state index in [9.17, 15) is 4.79 Å². The molecular formula is C11H24N2O.